The van der Waals surface area contributed by atoms with Crippen LogP contribution in [0.3, 0.4) is 0 Å². The molecule has 0 fully saturated rings. The highest BCUT2D eigenvalue weighted by Crippen LogP contribution is 2.24. The number of aromatic hydroxyl groups is 1. The Morgan fingerprint density at radius 2 is 1.77 bits per heavy atom. The zero-order chi connectivity index (χ0) is 15.5. The molecule has 112 valence electrons. The van der Waals surface area contributed by atoms with Crippen molar-refractivity contribution in [2.24, 2.45) is 0 Å². The summed E-state index contributed by atoms with van der Waals surface area (Å²) >= 11 is 0. The van der Waals surface area contributed by atoms with E-state index < -0.39 is 0 Å². The van der Waals surface area contributed by atoms with E-state index in [9.17, 15) is 5.11 Å². The van der Waals surface area contributed by atoms with Crippen LogP contribution in [-0.4, -0.2) is 16.7 Å². The Hall–Kier alpha value is -2.55. The van der Waals surface area contributed by atoms with Gasteiger partial charge in [0.15, 0.2) is 0 Å². The SMILES string of the molecule is Cc1ccc(CCOc2ccc3cc(O)c(C)cc3n2)cc1. The first-order valence-corrected chi connectivity index (χ1v) is 7.40. The second-order valence-corrected chi connectivity index (χ2v) is 5.56. The standard InChI is InChI=1S/C19H19NO2/c1-13-3-5-15(6-4-13)9-10-22-19-8-7-16-12-18(21)14(2)11-17(16)20-19/h3-8,11-12,21H,9-10H2,1-2H3. The van der Waals surface area contributed by atoms with Gasteiger partial charge in [-0.05, 0) is 43.2 Å². The van der Waals surface area contributed by atoms with Crippen molar-refractivity contribution in [2.45, 2.75) is 20.3 Å². The molecule has 0 aliphatic rings. The van der Waals surface area contributed by atoms with Gasteiger partial charge >= 0.3 is 0 Å². The van der Waals surface area contributed by atoms with Gasteiger partial charge in [0.05, 0.1) is 12.1 Å². The van der Waals surface area contributed by atoms with E-state index in [4.69, 9.17) is 4.74 Å². The predicted molar refractivity (Wildman–Crippen MR) is 88.5 cm³/mol. The van der Waals surface area contributed by atoms with E-state index in [0.29, 0.717) is 18.2 Å². The highest BCUT2D eigenvalue weighted by atomic mass is 16.5. The van der Waals surface area contributed by atoms with E-state index in [1.54, 1.807) is 6.07 Å². The molecule has 1 aromatic heterocycles. The number of phenolic OH excluding ortho intramolecular Hbond substituents is 1. The van der Waals surface area contributed by atoms with Crippen molar-refractivity contribution in [3.63, 3.8) is 0 Å². The van der Waals surface area contributed by atoms with Crippen LogP contribution in [0.5, 0.6) is 11.6 Å². The van der Waals surface area contributed by atoms with E-state index in [0.717, 1.165) is 22.9 Å². The topological polar surface area (TPSA) is 42.4 Å². The Morgan fingerprint density at radius 1 is 1.00 bits per heavy atom. The Balaban J connectivity index is 1.68. The van der Waals surface area contributed by atoms with Gasteiger partial charge in [0.25, 0.3) is 0 Å². The predicted octanol–water partition coefficient (Wildman–Crippen LogP) is 4.18. The fraction of sp³-hybridized carbons (Fsp3) is 0.211. The fourth-order valence-corrected chi connectivity index (χ4v) is 2.35. The number of phenols is 1. The molecule has 2 aromatic carbocycles. The molecule has 0 atom stereocenters. The van der Waals surface area contributed by atoms with Crippen LogP contribution >= 0.6 is 0 Å². The third-order valence-electron chi connectivity index (χ3n) is 3.74. The molecule has 3 nitrogen and oxygen atoms in total. The van der Waals surface area contributed by atoms with Gasteiger partial charge in [0.1, 0.15) is 5.75 Å². The Labute approximate surface area is 130 Å². The van der Waals surface area contributed by atoms with Crippen LogP contribution in [0, 0.1) is 13.8 Å². The van der Waals surface area contributed by atoms with Crippen molar-refractivity contribution >= 4 is 10.9 Å². The van der Waals surface area contributed by atoms with E-state index in [1.165, 1.54) is 11.1 Å². The second-order valence-electron chi connectivity index (χ2n) is 5.56. The molecule has 22 heavy (non-hydrogen) atoms. The van der Waals surface area contributed by atoms with Crippen molar-refractivity contribution in [1.29, 1.82) is 0 Å². The Morgan fingerprint density at radius 3 is 2.55 bits per heavy atom. The summed E-state index contributed by atoms with van der Waals surface area (Å²) in [6, 6.07) is 15.8. The lowest BCUT2D eigenvalue weighted by Crippen LogP contribution is -2.02. The number of pyridine rings is 1. The highest BCUT2D eigenvalue weighted by molar-refractivity contribution is 5.81. The van der Waals surface area contributed by atoms with Gasteiger partial charge in [-0.3, -0.25) is 0 Å². The Kier molecular flexibility index (Phi) is 3.96. The first-order chi connectivity index (χ1) is 10.6. The molecule has 1 heterocycles. The lowest BCUT2D eigenvalue weighted by atomic mass is 10.1. The summed E-state index contributed by atoms with van der Waals surface area (Å²) < 4.78 is 5.74. The number of aryl methyl sites for hydroxylation is 2. The van der Waals surface area contributed by atoms with Gasteiger partial charge in [-0.1, -0.05) is 29.8 Å². The first kappa shape index (κ1) is 14.4. The molecule has 0 saturated heterocycles. The number of benzene rings is 2. The average Bonchev–Trinajstić information content (AvgIpc) is 2.51. The average molecular weight is 293 g/mol. The smallest absolute Gasteiger partial charge is 0.213 e. The van der Waals surface area contributed by atoms with Crippen LogP contribution in [0.15, 0.2) is 48.5 Å². The van der Waals surface area contributed by atoms with Gasteiger partial charge in [-0.25, -0.2) is 4.98 Å². The summed E-state index contributed by atoms with van der Waals surface area (Å²) in [5.41, 5.74) is 4.17. The van der Waals surface area contributed by atoms with Crippen LogP contribution in [0.1, 0.15) is 16.7 Å². The van der Waals surface area contributed by atoms with Gasteiger partial charge in [-0.2, -0.15) is 0 Å². The Bertz CT molecular complexity index is 794. The summed E-state index contributed by atoms with van der Waals surface area (Å²) in [5.74, 6) is 0.909. The van der Waals surface area contributed by atoms with Crippen molar-refractivity contribution in [1.82, 2.24) is 4.98 Å². The van der Waals surface area contributed by atoms with E-state index >= 15 is 0 Å². The normalized spacial score (nSPS) is 10.8. The lowest BCUT2D eigenvalue weighted by Gasteiger charge is -2.08. The monoisotopic (exact) mass is 293 g/mol. The quantitative estimate of drug-likeness (QED) is 0.784. The molecule has 0 saturated carbocycles. The molecule has 0 aliphatic heterocycles. The molecule has 3 rings (SSSR count). The fourth-order valence-electron chi connectivity index (χ4n) is 2.35. The maximum Gasteiger partial charge on any atom is 0.213 e. The van der Waals surface area contributed by atoms with Gasteiger partial charge in [-0.15, -0.1) is 0 Å². The maximum atomic E-state index is 9.71. The number of fused-ring (bicyclic) bond motifs is 1. The van der Waals surface area contributed by atoms with Crippen LogP contribution < -0.4 is 4.74 Å². The van der Waals surface area contributed by atoms with E-state index in [2.05, 4.69) is 36.2 Å². The molecule has 1 N–H and O–H groups in total. The molecular formula is C19H19NO2. The van der Waals surface area contributed by atoms with Crippen LogP contribution in [0.4, 0.5) is 0 Å². The molecule has 0 amide bonds. The second kappa shape index (κ2) is 6.06. The molecule has 0 spiro atoms. The van der Waals surface area contributed by atoms with Crippen molar-refractivity contribution < 1.29 is 9.84 Å². The zero-order valence-corrected chi connectivity index (χ0v) is 12.8. The molecule has 0 unspecified atom stereocenters. The largest absolute Gasteiger partial charge is 0.508 e. The van der Waals surface area contributed by atoms with Crippen LogP contribution in [0.2, 0.25) is 0 Å². The summed E-state index contributed by atoms with van der Waals surface area (Å²) in [4.78, 5) is 4.49. The minimum absolute atomic E-state index is 0.294. The molecule has 0 radical (unpaired) electrons. The van der Waals surface area contributed by atoms with Gasteiger partial charge in [0.2, 0.25) is 5.88 Å². The summed E-state index contributed by atoms with van der Waals surface area (Å²) in [6.45, 7) is 4.54. The minimum atomic E-state index is 0.294. The molecular weight excluding hydrogens is 274 g/mol. The number of ether oxygens (including phenoxy) is 1. The van der Waals surface area contributed by atoms with E-state index in [-0.39, 0.29) is 0 Å². The van der Waals surface area contributed by atoms with Gasteiger partial charge < -0.3 is 9.84 Å². The maximum absolute atomic E-state index is 9.71. The van der Waals surface area contributed by atoms with Crippen molar-refractivity contribution in [3.05, 3.63) is 65.2 Å². The molecule has 0 bridgehead atoms. The summed E-state index contributed by atoms with van der Waals surface area (Å²) in [7, 11) is 0. The lowest BCUT2D eigenvalue weighted by molar-refractivity contribution is 0.310. The number of nitrogens with zero attached hydrogens (tertiary/aromatic N) is 1. The molecule has 0 aliphatic carbocycles. The number of aromatic nitrogens is 1. The number of hydrogen-bond donors (Lipinski definition) is 1. The number of hydrogen-bond acceptors (Lipinski definition) is 3. The summed E-state index contributed by atoms with van der Waals surface area (Å²) in [6.07, 6.45) is 0.856. The van der Waals surface area contributed by atoms with Crippen molar-refractivity contribution in [2.75, 3.05) is 6.61 Å². The third-order valence-corrected chi connectivity index (χ3v) is 3.74. The first-order valence-electron chi connectivity index (χ1n) is 7.40. The van der Waals surface area contributed by atoms with E-state index in [1.807, 2.05) is 25.1 Å². The van der Waals surface area contributed by atoms with Gasteiger partial charge in [0, 0.05) is 17.9 Å². The minimum Gasteiger partial charge on any atom is -0.508 e. The third kappa shape index (κ3) is 3.19. The molecule has 3 aromatic rings. The molecule has 3 heteroatoms. The highest BCUT2D eigenvalue weighted by Gasteiger charge is 2.03. The summed E-state index contributed by atoms with van der Waals surface area (Å²) in [5, 5.41) is 10.6. The zero-order valence-electron chi connectivity index (χ0n) is 12.8. The van der Waals surface area contributed by atoms with Crippen LogP contribution in [0.25, 0.3) is 10.9 Å². The number of rotatable bonds is 4. The van der Waals surface area contributed by atoms with Crippen LogP contribution in [-0.2, 0) is 6.42 Å². The van der Waals surface area contributed by atoms with Crippen molar-refractivity contribution in [3.8, 4) is 11.6 Å².